The van der Waals surface area contributed by atoms with Gasteiger partial charge in [0.15, 0.2) is 0 Å². The van der Waals surface area contributed by atoms with Gasteiger partial charge in [-0.05, 0) is 35.9 Å². The van der Waals surface area contributed by atoms with Crippen LogP contribution in [0.1, 0.15) is 17.2 Å². The average Bonchev–Trinajstić information content (AvgIpc) is 2.35. The second-order valence-electron chi connectivity index (χ2n) is 4.12. The Labute approximate surface area is 116 Å². The molecule has 0 saturated carbocycles. The van der Waals surface area contributed by atoms with Crippen molar-refractivity contribution in [2.45, 2.75) is 12.5 Å². The fourth-order valence-corrected chi connectivity index (χ4v) is 2.29. The summed E-state index contributed by atoms with van der Waals surface area (Å²) in [6, 6.07) is 6.89. The Morgan fingerprint density at radius 1 is 1.00 bits per heavy atom. The molecule has 0 heterocycles. The average molecular weight is 331 g/mol. The first-order valence-corrected chi connectivity index (χ1v) is 6.33. The monoisotopic (exact) mass is 330 g/mol. The van der Waals surface area contributed by atoms with E-state index in [9.17, 15) is 18.3 Å². The molecule has 0 aliphatic rings. The highest BCUT2D eigenvalue weighted by molar-refractivity contribution is 9.10. The van der Waals surface area contributed by atoms with Crippen LogP contribution in [0.3, 0.4) is 0 Å². The molecule has 0 bridgehead atoms. The van der Waals surface area contributed by atoms with Crippen molar-refractivity contribution < 1.29 is 18.3 Å². The van der Waals surface area contributed by atoms with E-state index in [0.29, 0.717) is 10.0 Å². The molecule has 100 valence electrons. The SMILES string of the molecule is OC(Cc1ccc(F)cc1Br)c1cc(F)ccc1F. The molecule has 5 heteroatoms. The fraction of sp³-hybridized carbons (Fsp3) is 0.143. The molecule has 0 radical (unpaired) electrons. The zero-order valence-electron chi connectivity index (χ0n) is 9.71. The lowest BCUT2D eigenvalue weighted by Crippen LogP contribution is -2.05. The molecule has 2 aromatic rings. The van der Waals surface area contributed by atoms with Crippen LogP contribution in [0.4, 0.5) is 13.2 Å². The van der Waals surface area contributed by atoms with E-state index in [1.807, 2.05) is 0 Å². The third kappa shape index (κ3) is 3.36. The molecule has 1 unspecified atom stereocenters. The summed E-state index contributed by atoms with van der Waals surface area (Å²) in [6.45, 7) is 0. The fourth-order valence-electron chi connectivity index (χ4n) is 1.78. The van der Waals surface area contributed by atoms with Crippen molar-refractivity contribution in [3.8, 4) is 0 Å². The summed E-state index contributed by atoms with van der Waals surface area (Å²) in [5.41, 5.74) is 0.494. The first kappa shape index (κ1) is 14.1. The summed E-state index contributed by atoms with van der Waals surface area (Å²) in [5, 5.41) is 9.95. The number of rotatable bonds is 3. The van der Waals surface area contributed by atoms with E-state index in [2.05, 4.69) is 15.9 Å². The topological polar surface area (TPSA) is 20.2 Å². The largest absolute Gasteiger partial charge is 0.388 e. The maximum absolute atomic E-state index is 13.5. The Morgan fingerprint density at radius 2 is 1.63 bits per heavy atom. The van der Waals surface area contributed by atoms with E-state index < -0.39 is 23.6 Å². The van der Waals surface area contributed by atoms with Gasteiger partial charge in [0.25, 0.3) is 0 Å². The highest BCUT2D eigenvalue weighted by Gasteiger charge is 2.16. The number of hydrogen-bond donors (Lipinski definition) is 1. The van der Waals surface area contributed by atoms with Gasteiger partial charge in [0.05, 0.1) is 6.10 Å². The lowest BCUT2D eigenvalue weighted by Gasteiger charge is -2.13. The first-order valence-electron chi connectivity index (χ1n) is 5.54. The molecule has 1 N–H and O–H groups in total. The molecule has 0 amide bonds. The van der Waals surface area contributed by atoms with Gasteiger partial charge in [-0.3, -0.25) is 0 Å². The molecular formula is C14H10BrF3O. The Kier molecular flexibility index (Phi) is 4.27. The third-order valence-electron chi connectivity index (χ3n) is 2.75. The Bertz CT molecular complexity index is 601. The Morgan fingerprint density at radius 3 is 2.32 bits per heavy atom. The summed E-state index contributed by atoms with van der Waals surface area (Å²) >= 11 is 3.16. The Hall–Kier alpha value is -1.33. The van der Waals surface area contributed by atoms with Gasteiger partial charge in [-0.25, -0.2) is 13.2 Å². The summed E-state index contributed by atoms with van der Waals surface area (Å²) in [4.78, 5) is 0. The van der Waals surface area contributed by atoms with Crippen LogP contribution in [0.25, 0.3) is 0 Å². The van der Waals surface area contributed by atoms with Gasteiger partial charge >= 0.3 is 0 Å². The molecule has 0 spiro atoms. The zero-order valence-corrected chi connectivity index (χ0v) is 11.3. The van der Waals surface area contributed by atoms with Crippen LogP contribution < -0.4 is 0 Å². The highest BCUT2D eigenvalue weighted by Crippen LogP contribution is 2.26. The van der Waals surface area contributed by atoms with Gasteiger partial charge in [-0.2, -0.15) is 0 Å². The highest BCUT2D eigenvalue weighted by atomic mass is 79.9. The van der Waals surface area contributed by atoms with Crippen molar-refractivity contribution in [3.63, 3.8) is 0 Å². The maximum Gasteiger partial charge on any atom is 0.129 e. The van der Waals surface area contributed by atoms with Crippen LogP contribution >= 0.6 is 15.9 Å². The second kappa shape index (κ2) is 5.75. The minimum absolute atomic E-state index is 0.0568. The quantitative estimate of drug-likeness (QED) is 0.896. The first-order chi connectivity index (χ1) is 8.97. The summed E-state index contributed by atoms with van der Waals surface area (Å²) in [5.74, 6) is -1.71. The third-order valence-corrected chi connectivity index (χ3v) is 3.48. The smallest absolute Gasteiger partial charge is 0.129 e. The van der Waals surface area contributed by atoms with Crippen molar-refractivity contribution in [1.82, 2.24) is 0 Å². The van der Waals surface area contributed by atoms with Crippen LogP contribution in [-0.4, -0.2) is 5.11 Å². The molecule has 2 aromatic carbocycles. The van der Waals surface area contributed by atoms with Crippen LogP contribution in [0.5, 0.6) is 0 Å². The van der Waals surface area contributed by atoms with E-state index in [1.54, 1.807) is 0 Å². The van der Waals surface area contributed by atoms with Crippen molar-refractivity contribution >= 4 is 15.9 Å². The summed E-state index contributed by atoms with van der Waals surface area (Å²) in [7, 11) is 0. The molecule has 0 aromatic heterocycles. The van der Waals surface area contributed by atoms with Crippen molar-refractivity contribution in [2.24, 2.45) is 0 Å². The minimum Gasteiger partial charge on any atom is -0.388 e. The van der Waals surface area contributed by atoms with Crippen molar-refractivity contribution in [2.75, 3.05) is 0 Å². The molecule has 1 atom stereocenters. The molecule has 1 nitrogen and oxygen atoms in total. The van der Waals surface area contributed by atoms with Gasteiger partial charge in [-0.1, -0.05) is 22.0 Å². The number of aliphatic hydroxyl groups excluding tert-OH is 1. The second-order valence-corrected chi connectivity index (χ2v) is 4.98. The van der Waals surface area contributed by atoms with Crippen LogP contribution in [0, 0.1) is 17.5 Å². The lowest BCUT2D eigenvalue weighted by molar-refractivity contribution is 0.173. The van der Waals surface area contributed by atoms with E-state index in [0.717, 1.165) is 18.2 Å². The van der Waals surface area contributed by atoms with Gasteiger partial charge in [0.1, 0.15) is 17.5 Å². The van der Waals surface area contributed by atoms with Gasteiger partial charge in [-0.15, -0.1) is 0 Å². The Balaban J connectivity index is 2.25. The number of aliphatic hydroxyl groups is 1. The van der Waals surface area contributed by atoms with Crippen molar-refractivity contribution in [1.29, 1.82) is 0 Å². The molecule has 0 saturated heterocycles. The minimum atomic E-state index is -1.20. The predicted molar refractivity (Wildman–Crippen MR) is 69.1 cm³/mol. The number of hydrogen-bond acceptors (Lipinski definition) is 1. The summed E-state index contributed by atoms with van der Waals surface area (Å²) < 4.78 is 39.9. The van der Waals surface area contributed by atoms with Gasteiger partial charge in [0, 0.05) is 16.5 Å². The molecule has 0 aliphatic heterocycles. The van der Waals surface area contributed by atoms with Gasteiger partial charge < -0.3 is 5.11 Å². The zero-order chi connectivity index (χ0) is 14.0. The lowest BCUT2D eigenvalue weighted by atomic mass is 10.0. The van der Waals surface area contributed by atoms with E-state index in [-0.39, 0.29) is 12.0 Å². The van der Waals surface area contributed by atoms with E-state index >= 15 is 0 Å². The summed E-state index contributed by atoms with van der Waals surface area (Å²) in [6.07, 6.45) is -1.14. The molecule has 0 aliphatic carbocycles. The molecule has 2 rings (SSSR count). The molecule has 0 fully saturated rings. The van der Waals surface area contributed by atoms with Crippen LogP contribution in [0.2, 0.25) is 0 Å². The van der Waals surface area contributed by atoms with Crippen LogP contribution in [0.15, 0.2) is 40.9 Å². The molecular weight excluding hydrogens is 321 g/mol. The standard InChI is InChI=1S/C14H10BrF3O/c15-12-7-10(17)2-1-8(12)5-14(19)11-6-9(16)3-4-13(11)18/h1-4,6-7,14,19H,5H2. The van der Waals surface area contributed by atoms with E-state index in [4.69, 9.17) is 0 Å². The maximum atomic E-state index is 13.5. The van der Waals surface area contributed by atoms with E-state index in [1.165, 1.54) is 18.2 Å². The molecule has 19 heavy (non-hydrogen) atoms. The predicted octanol–water partition coefficient (Wildman–Crippen LogP) is 4.14. The van der Waals surface area contributed by atoms with Crippen molar-refractivity contribution in [3.05, 3.63) is 69.4 Å². The van der Waals surface area contributed by atoms with Crippen LogP contribution in [-0.2, 0) is 6.42 Å². The normalized spacial score (nSPS) is 12.5. The van der Waals surface area contributed by atoms with Gasteiger partial charge in [0.2, 0.25) is 0 Å². The number of halogens is 4. The number of benzene rings is 2.